The van der Waals surface area contributed by atoms with E-state index in [1.165, 1.54) is 16.5 Å². The van der Waals surface area contributed by atoms with Gasteiger partial charge in [0.2, 0.25) is 0 Å². The molecule has 0 radical (unpaired) electrons. The molecule has 0 N–H and O–H groups in total. The molecule has 0 saturated heterocycles. The third-order valence-corrected chi connectivity index (χ3v) is 1.88. The third kappa shape index (κ3) is 1.18. The summed E-state index contributed by atoms with van der Waals surface area (Å²) in [4.78, 5) is 0. The zero-order valence-electron chi connectivity index (χ0n) is 6.23. The Balaban J connectivity index is 3.25. The predicted octanol–water partition coefficient (Wildman–Crippen LogP) is -1.49. The van der Waals surface area contributed by atoms with Crippen LogP contribution in [0.1, 0.15) is 5.56 Å². The first kappa shape index (κ1) is 6.47. The zero-order chi connectivity index (χ0) is 6.85. The van der Waals surface area contributed by atoms with E-state index >= 15 is 0 Å². The summed E-state index contributed by atoms with van der Waals surface area (Å²) < 4.78 is 0. The summed E-state index contributed by atoms with van der Waals surface area (Å²) in [6.07, 6.45) is 0. The first-order chi connectivity index (χ1) is 4.22. The van der Waals surface area contributed by atoms with Gasteiger partial charge in [-0.3, -0.25) is 0 Å². The molecule has 1 aromatic rings. The Bertz CT molecular complexity index is 198. The Morgan fingerprint density at radius 3 is 2.33 bits per heavy atom. The van der Waals surface area contributed by atoms with Gasteiger partial charge in [0.1, 0.15) is 15.7 Å². The second-order valence-electron chi connectivity index (χ2n) is 2.52. The van der Waals surface area contributed by atoms with Gasteiger partial charge in [0.25, 0.3) is 0 Å². The number of aryl methyl sites for hydroxylation is 1. The topological polar surface area (TPSA) is 0 Å². The molecule has 0 aliphatic rings. The van der Waals surface area contributed by atoms with E-state index in [0.29, 0.717) is 0 Å². The monoisotopic (exact) mass is 116 g/mol. The molecule has 0 aromatic heterocycles. The fourth-order valence-electron chi connectivity index (χ4n) is 0.898. The third-order valence-electron chi connectivity index (χ3n) is 1.88. The number of rotatable bonds is 0. The first-order valence-electron chi connectivity index (χ1n) is 3.24. The van der Waals surface area contributed by atoms with E-state index in [2.05, 4.69) is 40.8 Å². The van der Waals surface area contributed by atoms with Crippen molar-refractivity contribution < 1.29 is 0 Å². The minimum Gasteiger partial charge on any atom is -0.0949 e. The Morgan fingerprint density at radius 2 is 1.89 bits per heavy atom. The van der Waals surface area contributed by atoms with Crippen LogP contribution in [0.2, 0.25) is 0 Å². The summed E-state index contributed by atoms with van der Waals surface area (Å²) >= 11 is 0. The van der Waals surface area contributed by atoms with E-state index in [-0.39, 0.29) is 0 Å². The van der Waals surface area contributed by atoms with E-state index in [0.717, 1.165) is 0 Å². The van der Waals surface area contributed by atoms with Crippen LogP contribution in [0.3, 0.4) is 0 Å². The van der Waals surface area contributed by atoms with Crippen LogP contribution >= 0.6 is 0 Å². The lowest BCUT2D eigenvalue weighted by Gasteiger charge is -2.01. The molecular formula is C7H10B2. The van der Waals surface area contributed by atoms with Gasteiger partial charge in [-0.25, -0.2) is 0 Å². The molecule has 0 nitrogen and oxygen atoms in total. The average molecular weight is 116 g/mol. The molecular weight excluding hydrogens is 106 g/mol. The summed E-state index contributed by atoms with van der Waals surface area (Å²) in [5.41, 5.74) is 4.18. The molecule has 0 heterocycles. The molecule has 0 fully saturated rings. The first-order valence-corrected chi connectivity index (χ1v) is 3.24. The Morgan fingerprint density at radius 1 is 1.22 bits per heavy atom. The molecule has 0 bridgehead atoms. The van der Waals surface area contributed by atoms with E-state index in [1.54, 1.807) is 0 Å². The molecule has 1 rings (SSSR count). The average Bonchev–Trinajstić information content (AvgIpc) is 1.83. The van der Waals surface area contributed by atoms with E-state index in [4.69, 9.17) is 0 Å². The minimum atomic E-state index is 1.38. The maximum absolute atomic E-state index is 2.16. The van der Waals surface area contributed by atoms with Gasteiger partial charge >= 0.3 is 0 Å². The van der Waals surface area contributed by atoms with E-state index in [9.17, 15) is 0 Å². The molecule has 0 atom stereocenters. The maximum atomic E-state index is 2.16. The Hall–Kier alpha value is -0.650. The summed E-state index contributed by atoms with van der Waals surface area (Å²) in [5, 5.41) is 0. The van der Waals surface area contributed by atoms with Crippen molar-refractivity contribution in [2.24, 2.45) is 0 Å². The molecule has 0 unspecified atom stereocenters. The largest absolute Gasteiger partial charge is 0.138 e. The van der Waals surface area contributed by atoms with Gasteiger partial charge in [-0.1, -0.05) is 34.7 Å². The van der Waals surface area contributed by atoms with Crippen molar-refractivity contribution in [3.63, 3.8) is 0 Å². The van der Waals surface area contributed by atoms with Crippen LogP contribution in [0, 0.1) is 6.92 Å². The van der Waals surface area contributed by atoms with E-state index in [1.807, 2.05) is 0 Å². The minimum absolute atomic E-state index is 1.38. The highest BCUT2D eigenvalue weighted by Crippen LogP contribution is 1.86. The van der Waals surface area contributed by atoms with Gasteiger partial charge in [-0.15, -0.1) is 0 Å². The molecule has 1 aromatic carbocycles. The van der Waals surface area contributed by atoms with Crippen LogP contribution in [0.15, 0.2) is 18.2 Å². The number of benzene rings is 1. The van der Waals surface area contributed by atoms with Crippen LogP contribution in [-0.4, -0.2) is 15.7 Å². The van der Waals surface area contributed by atoms with Crippen molar-refractivity contribution in [2.45, 2.75) is 6.92 Å². The molecule has 0 amide bonds. The highest BCUT2D eigenvalue weighted by atomic mass is 13.9. The molecule has 44 valence electrons. The van der Waals surface area contributed by atoms with Gasteiger partial charge in [0.05, 0.1) is 0 Å². The van der Waals surface area contributed by atoms with Crippen LogP contribution in [0.5, 0.6) is 0 Å². The lowest BCUT2D eigenvalue weighted by Crippen LogP contribution is -2.27. The molecule has 0 aliphatic heterocycles. The number of hydrogen-bond donors (Lipinski definition) is 0. The van der Waals surface area contributed by atoms with Crippen molar-refractivity contribution in [2.75, 3.05) is 0 Å². The second-order valence-corrected chi connectivity index (χ2v) is 2.52. The van der Waals surface area contributed by atoms with Crippen LogP contribution < -0.4 is 10.9 Å². The highest BCUT2D eigenvalue weighted by Gasteiger charge is 1.91. The standard InChI is InChI=1S/C7H10B2/c1-5-3-2-4-6(8)7(5)9/h2-4H,8-9H2,1H3. The fraction of sp³-hybridized carbons (Fsp3) is 0.143. The summed E-state index contributed by atoms with van der Waals surface area (Å²) in [6.45, 7) is 2.14. The van der Waals surface area contributed by atoms with Gasteiger partial charge in [0.15, 0.2) is 0 Å². The van der Waals surface area contributed by atoms with Gasteiger partial charge in [0, 0.05) is 0 Å². The number of hydrogen-bond acceptors (Lipinski definition) is 0. The maximum Gasteiger partial charge on any atom is 0.138 e. The molecule has 0 saturated carbocycles. The van der Waals surface area contributed by atoms with Crippen molar-refractivity contribution in [3.05, 3.63) is 23.8 Å². The SMILES string of the molecule is Bc1cccc(C)c1B. The summed E-state index contributed by atoms with van der Waals surface area (Å²) in [7, 11) is 4.30. The quantitative estimate of drug-likeness (QED) is 0.362. The predicted molar refractivity (Wildman–Crippen MR) is 47.5 cm³/mol. The van der Waals surface area contributed by atoms with Crippen molar-refractivity contribution in [1.29, 1.82) is 0 Å². The van der Waals surface area contributed by atoms with E-state index < -0.39 is 0 Å². The van der Waals surface area contributed by atoms with Crippen LogP contribution in [0.25, 0.3) is 0 Å². The highest BCUT2D eigenvalue weighted by molar-refractivity contribution is 6.49. The second kappa shape index (κ2) is 2.30. The van der Waals surface area contributed by atoms with Gasteiger partial charge in [-0.05, 0) is 6.92 Å². The van der Waals surface area contributed by atoms with Crippen molar-refractivity contribution in [1.82, 2.24) is 0 Å². The van der Waals surface area contributed by atoms with Crippen molar-refractivity contribution in [3.8, 4) is 0 Å². The fourth-order valence-corrected chi connectivity index (χ4v) is 0.898. The molecule has 9 heavy (non-hydrogen) atoms. The zero-order valence-corrected chi connectivity index (χ0v) is 6.23. The van der Waals surface area contributed by atoms with Gasteiger partial charge in [-0.2, -0.15) is 0 Å². The molecule has 0 aliphatic carbocycles. The lowest BCUT2D eigenvalue weighted by atomic mass is 9.78. The normalized spacial score (nSPS) is 9.44. The van der Waals surface area contributed by atoms with Crippen LogP contribution in [-0.2, 0) is 0 Å². The molecule has 0 spiro atoms. The Kier molecular flexibility index (Phi) is 1.65. The smallest absolute Gasteiger partial charge is 0.0949 e. The summed E-state index contributed by atoms with van der Waals surface area (Å²) in [5.74, 6) is 0. The van der Waals surface area contributed by atoms with Crippen molar-refractivity contribution >= 4 is 26.6 Å². The van der Waals surface area contributed by atoms with Gasteiger partial charge < -0.3 is 0 Å². The lowest BCUT2D eigenvalue weighted by molar-refractivity contribution is 1.53. The molecule has 2 heteroatoms. The summed E-state index contributed by atoms with van der Waals surface area (Å²) in [6, 6.07) is 6.38. The van der Waals surface area contributed by atoms with Crippen LogP contribution in [0.4, 0.5) is 0 Å². The Labute approximate surface area is 58.1 Å².